The van der Waals surface area contributed by atoms with Crippen molar-refractivity contribution in [2.75, 3.05) is 17.9 Å². The van der Waals surface area contributed by atoms with Crippen LogP contribution >= 0.6 is 0 Å². The molecule has 2 aromatic heterocycles. The second-order valence-electron chi connectivity index (χ2n) is 8.80. The number of carboxylic acid groups (broad SMARTS) is 1. The number of nitrogens with one attached hydrogen (secondary N) is 1. The van der Waals surface area contributed by atoms with Gasteiger partial charge in [-0.25, -0.2) is 31.4 Å². The standard InChI is InChI=1S/C26H21F3N4O5S/c27-16-4-5-20(28)23(13-16)39(36,37)32-21-3-1-2-18(24(21)29)25-19(15-6-9-30-22(12-15)26(34)35)14-33(31-25)17-7-10-38-11-8-17/h1-6,9,12-14,17,32H,7-8,10-11H2,(H,34,35). The number of ether oxygens (including phenoxy) is 1. The van der Waals surface area contributed by atoms with Gasteiger partial charge < -0.3 is 9.84 Å². The van der Waals surface area contributed by atoms with Crippen LogP contribution in [0, 0.1) is 17.5 Å². The first-order chi connectivity index (χ1) is 18.6. The minimum Gasteiger partial charge on any atom is -0.477 e. The molecule has 1 fully saturated rings. The van der Waals surface area contributed by atoms with Gasteiger partial charge in [-0.15, -0.1) is 0 Å². The van der Waals surface area contributed by atoms with Crippen LogP contribution in [-0.2, 0) is 14.8 Å². The summed E-state index contributed by atoms with van der Waals surface area (Å²) in [6.45, 7) is 1.02. The van der Waals surface area contributed by atoms with Crippen LogP contribution in [0.25, 0.3) is 22.4 Å². The molecule has 39 heavy (non-hydrogen) atoms. The van der Waals surface area contributed by atoms with E-state index in [0.29, 0.717) is 49.3 Å². The number of aromatic nitrogens is 3. The van der Waals surface area contributed by atoms with E-state index in [2.05, 4.69) is 10.1 Å². The number of rotatable bonds is 7. The Morgan fingerprint density at radius 1 is 1.05 bits per heavy atom. The van der Waals surface area contributed by atoms with Gasteiger partial charge in [-0.3, -0.25) is 9.40 Å². The van der Waals surface area contributed by atoms with E-state index in [-0.39, 0.29) is 23.0 Å². The quantitative estimate of drug-likeness (QED) is 0.331. The van der Waals surface area contributed by atoms with Crippen LogP contribution in [-0.4, -0.2) is 47.5 Å². The summed E-state index contributed by atoms with van der Waals surface area (Å²) in [4.78, 5) is 14.4. The maximum Gasteiger partial charge on any atom is 0.354 e. The highest BCUT2D eigenvalue weighted by Crippen LogP contribution is 2.37. The number of benzene rings is 2. The number of nitrogens with zero attached hydrogens (tertiary/aromatic N) is 3. The molecule has 1 aliphatic rings. The lowest BCUT2D eigenvalue weighted by atomic mass is 10.0. The highest BCUT2D eigenvalue weighted by molar-refractivity contribution is 7.92. The van der Waals surface area contributed by atoms with Gasteiger partial charge >= 0.3 is 5.97 Å². The fourth-order valence-electron chi connectivity index (χ4n) is 4.33. The van der Waals surface area contributed by atoms with Crippen molar-refractivity contribution >= 4 is 21.7 Å². The predicted octanol–water partition coefficient (Wildman–Crippen LogP) is 4.88. The SMILES string of the molecule is O=C(O)c1cc(-c2cn(C3CCOCC3)nc2-c2cccc(NS(=O)(=O)c3cc(F)ccc3F)c2F)ccn1. The van der Waals surface area contributed by atoms with Crippen LogP contribution in [0.3, 0.4) is 0 Å². The maximum absolute atomic E-state index is 15.9. The molecule has 0 spiro atoms. The van der Waals surface area contributed by atoms with Gasteiger partial charge in [-0.05, 0) is 60.9 Å². The topological polar surface area (TPSA) is 123 Å². The second kappa shape index (κ2) is 10.5. The Morgan fingerprint density at radius 2 is 1.82 bits per heavy atom. The zero-order chi connectivity index (χ0) is 27.7. The van der Waals surface area contributed by atoms with E-state index in [9.17, 15) is 27.1 Å². The minimum absolute atomic E-state index is 0.0623. The summed E-state index contributed by atoms with van der Waals surface area (Å²) >= 11 is 0. The fourth-order valence-corrected chi connectivity index (χ4v) is 5.48. The average Bonchev–Trinajstić information content (AvgIpc) is 3.37. The molecule has 1 saturated heterocycles. The summed E-state index contributed by atoms with van der Waals surface area (Å²) in [5.41, 5.74) is 0.0911. The number of carboxylic acids is 1. The maximum atomic E-state index is 15.9. The summed E-state index contributed by atoms with van der Waals surface area (Å²) in [5.74, 6) is -4.44. The number of anilines is 1. The Hall–Kier alpha value is -4.23. The van der Waals surface area contributed by atoms with Crippen LogP contribution < -0.4 is 4.72 Å². The number of pyridine rings is 1. The number of hydrogen-bond acceptors (Lipinski definition) is 6. The average molecular weight is 559 g/mol. The van der Waals surface area contributed by atoms with Gasteiger partial charge in [-0.2, -0.15) is 5.10 Å². The van der Waals surface area contributed by atoms with Crippen LogP contribution in [0.2, 0.25) is 0 Å². The fraction of sp³-hybridized carbons (Fsp3) is 0.192. The highest BCUT2D eigenvalue weighted by Gasteiger charge is 2.26. The number of carbonyl (C=O) groups is 1. The number of sulfonamides is 1. The lowest BCUT2D eigenvalue weighted by molar-refractivity contribution is 0.0663. The van der Waals surface area contributed by atoms with E-state index in [4.69, 9.17) is 4.74 Å². The van der Waals surface area contributed by atoms with Crippen molar-refractivity contribution < 1.29 is 36.2 Å². The molecule has 3 heterocycles. The third-order valence-corrected chi connectivity index (χ3v) is 7.65. The van der Waals surface area contributed by atoms with E-state index >= 15 is 4.39 Å². The Morgan fingerprint density at radius 3 is 2.56 bits per heavy atom. The molecule has 2 aromatic carbocycles. The highest BCUT2D eigenvalue weighted by atomic mass is 32.2. The van der Waals surface area contributed by atoms with E-state index < -0.39 is 44.0 Å². The van der Waals surface area contributed by atoms with Crippen molar-refractivity contribution in [1.82, 2.24) is 14.8 Å². The molecule has 0 aliphatic carbocycles. The van der Waals surface area contributed by atoms with Crippen molar-refractivity contribution in [2.24, 2.45) is 0 Å². The van der Waals surface area contributed by atoms with Crippen LogP contribution in [0.4, 0.5) is 18.9 Å². The van der Waals surface area contributed by atoms with Crippen LogP contribution in [0.1, 0.15) is 29.4 Å². The Labute approximate surface area is 220 Å². The van der Waals surface area contributed by atoms with Crippen molar-refractivity contribution in [3.63, 3.8) is 0 Å². The summed E-state index contributed by atoms with van der Waals surface area (Å²) in [6.07, 6.45) is 4.28. The van der Waals surface area contributed by atoms with Crippen molar-refractivity contribution in [1.29, 1.82) is 0 Å². The van der Waals surface area contributed by atoms with Crippen molar-refractivity contribution in [3.05, 3.63) is 84.1 Å². The van der Waals surface area contributed by atoms with Gasteiger partial charge in [0.05, 0.1) is 11.7 Å². The van der Waals surface area contributed by atoms with E-state index in [1.807, 2.05) is 4.72 Å². The second-order valence-corrected chi connectivity index (χ2v) is 10.4. The van der Waals surface area contributed by atoms with E-state index in [0.717, 1.165) is 12.1 Å². The minimum atomic E-state index is -4.70. The molecule has 13 heteroatoms. The number of aromatic carboxylic acids is 1. The summed E-state index contributed by atoms with van der Waals surface area (Å²) in [5, 5.41) is 14.0. The summed E-state index contributed by atoms with van der Waals surface area (Å²) < 4.78 is 78.3. The third kappa shape index (κ3) is 5.36. The molecule has 0 amide bonds. The van der Waals surface area contributed by atoms with E-state index in [1.54, 1.807) is 16.9 Å². The number of halogens is 3. The first kappa shape index (κ1) is 26.4. The number of hydrogen-bond donors (Lipinski definition) is 2. The first-order valence-electron chi connectivity index (χ1n) is 11.8. The van der Waals surface area contributed by atoms with Crippen LogP contribution in [0.5, 0.6) is 0 Å². The third-order valence-electron chi connectivity index (χ3n) is 6.27. The van der Waals surface area contributed by atoms with Gasteiger partial charge in [0.25, 0.3) is 10.0 Å². The monoisotopic (exact) mass is 558 g/mol. The van der Waals surface area contributed by atoms with Gasteiger partial charge in [0.15, 0.2) is 5.82 Å². The van der Waals surface area contributed by atoms with Gasteiger partial charge in [-0.1, -0.05) is 6.07 Å². The first-order valence-corrected chi connectivity index (χ1v) is 13.3. The Bertz CT molecular complexity index is 1670. The predicted molar refractivity (Wildman–Crippen MR) is 134 cm³/mol. The van der Waals surface area contributed by atoms with Crippen molar-refractivity contribution in [3.8, 4) is 22.4 Å². The lowest BCUT2D eigenvalue weighted by Crippen LogP contribution is -2.20. The molecule has 0 bridgehead atoms. The molecule has 202 valence electrons. The Balaban J connectivity index is 1.61. The Kier molecular flexibility index (Phi) is 7.10. The molecular formula is C26H21F3N4O5S. The van der Waals surface area contributed by atoms with Crippen molar-refractivity contribution in [2.45, 2.75) is 23.8 Å². The molecule has 0 atom stereocenters. The molecule has 0 unspecified atom stereocenters. The molecule has 4 aromatic rings. The normalized spacial score (nSPS) is 14.3. The summed E-state index contributed by atoms with van der Waals surface area (Å²) in [6, 6.07) is 8.64. The molecule has 2 N–H and O–H groups in total. The molecular weight excluding hydrogens is 537 g/mol. The van der Waals surface area contributed by atoms with E-state index in [1.165, 1.54) is 24.4 Å². The van der Waals surface area contributed by atoms with Gasteiger partial charge in [0.1, 0.15) is 27.9 Å². The molecule has 9 nitrogen and oxygen atoms in total. The molecule has 1 aliphatic heterocycles. The zero-order valence-corrected chi connectivity index (χ0v) is 21.0. The summed E-state index contributed by atoms with van der Waals surface area (Å²) in [7, 11) is -4.70. The molecule has 0 saturated carbocycles. The zero-order valence-electron chi connectivity index (χ0n) is 20.1. The van der Waals surface area contributed by atoms with Crippen LogP contribution in [0.15, 0.2) is 65.8 Å². The largest absolute Gasteiger partial charge is 0.477 e. The van der Waals surface area contributed by atoms with Gasteiger partial charge in [0, 0.05) is 36.7 Å². The van der Waals surface area contributed by atoms with Gasteiger partial charge in [0.2, 0.25) is 0 Å². The smallest absolute Gasteiger partial charge is 0.354 e. The molecule has 5 rings (SSSR count). The lowest BCUT2D eigenvalue weighted by Gasteiger charge is -2.22. The molecule has 0 radical (unpaired) electrons.